The van der Waals surface area contributed by atoms with E-state index in [0.29, 0.717) is 25.3 Å². The summed E-state index contributed by atoms with van der Waals surface area (Å²) in [4.78, 5) is 19.6. The van der Waals surface area contributed by atoms with E-state index in [0.717, 1.165) is 23.4 Å². The fourth-order valence-electron chi connectivity index (χ4n) is 3.43. The Morgan fingerprint density at radius 2 is 2.07 bits per heavy atom. The van der Waals surface area contributed by atoms with E-state index in [9.17, 15) is 4.79 Å². The van der Waals surface area contributed by atoms with E-state index >= 15 is 0 Å². The van der Waals surface area contributed by atoms with Crippen molar-refractivity contribution in [1.82, 2.24) is 9.88 Å². The first-order chi connectivity index (χ1) is 13.2. The summed E-state index contributed by atoms with van der Waals surface area (Å²) in [6, 6.07) is 16.2. The minimum absolute atomic E-state index is 0.0310. The number of amides is 1. The lowest BCUT2D eigenvalue weighted by Gasteiger charge is -2.33. The molecule has 1 aliphatic rings. The van der Waals surface area contributed by atoms with Gasteiger partial charge in [-0.05, 0) is 36.1 Å². The molecule has 5 heteroatoms. The summed E-state index contributed by atoms with van der Waals surface area (Å²) in [6.07, 6.45) is 0.849. The molecule has 1 fully saturated rings. The molecule has 1 aliphatic heterocycles. The lowest BCUT2D eigenvalue weighted by Crippen LogP contribution is -2.46. The van der Waals surface area contributed by atoms with Gasteiger partial charge in [-0.2, -0.15) is 11.3 Å². The Morgan fingerprint density at radius 3 is 2.81 bits per heavy atom. The van der Waals surface area contributed by atoms with E-state index in [1.165, 1.54) is 5.56 Å². The highest BCUT2D eigenvalue weighted by Gasteiger charge is 2.26. The van der Waals surface area contributed by atoms with Crippen LogP contribution in [0.5, 0.6) is 0 Å². The molecule has 2 aromatic heterocycles. The number of hydrogen-bond donors (Lipinski definition) is 0. The van der Waals surface area contributed by atoms with Gasteiger partial charge in [-0.1, -0.05) is 30.3 Å². The van der Waals surface area contributed by atoms with E-state index in [-0.39, 0.29) is 12.0 Å². The second-order valence-corrected chi connectivity index (χ2v) is 7.56. The molecule has 1 amide bonds. The summed E-state index contributed by atoms with van der Waals surface area (Å²) in [6.45, 7) is 3.71. The van der Waals surface area contributed by atoms with Crippen LogP contribution in [0.15, 0.2) is 59.3 Å². The molecule has 4 nitrogen and oxygen atoms in total. The average Bonchev–Trinajstić information content (AvgIpc) is 3.23. The molecule has 0 bridgehead atoms. The summed E-state index contributed by atoms with van der Waals surface area (Å²) in [5.74, 6) is 0.0400. The Hall–Kier alpha value is -2.50. The lowest BCUT2D eigenvalue weighted by atomic mass is 10.1. The minimum atomic E-state index is 0.0310. The van der Waals surface area contributed by atoms with Crippen LogP contribution in [0.2, 0.25) is 0 Å². The van der Waals surface area contributed by atoms with Crippen molar-refractivity contribution in [2.24, 2.45) is 0 Å². The molecule has 1 saturated heterocycles. The van der Waals surface area contributed by atoms with Gasteiger partial charge in [-0.15, -0.1) is 0 Å². The summed E-state index contributed by atoms with van der Waals surface area (Å²) in [7, 11) is 0. The number of thiophene rings is 1. The number of nitrogens with zero attached hydrogens (tertiary/aromatic N) is 2. The predicted molar refractivity (Wildman–Crippen MR) is 108 cm³/mol. The molecule has 0 N–H and O–H groups in total. The number of aromatic nitrogens is 1. The van der Waals surface area contributed by atoms with E-state index in [1.54, 1.807) is 11.3 Å². The molecule has 138 valence electrons. The van der Waals surface area contributed by atoms with Crippen molar-refractivity contribution in [2.75, 3.05) is 19.7 Å². The van der Waals surface area contributed by atoms with Crippen LogP contribution >= 0.6 is 11.3 Å². The van der Waals surface area contributed by atoms with Gasteiger partial charge >= 0.3 is 0 Å². The maximum atomic E-state index is 13.0. The Kier molecular flexibility index (Phi) is 5.32. The number of rotatable bonds is 4. The van der Waals surface area contributed by atoms with Crippen molar-refractivity contribution < 1.29 is 9.53 Å². The van der Waals surface area contributed by atoms with Gasteiger partial charge in [0, 0.05) is 30.5 Å². The molecule has 4 rings (SSSR count). The zero-order chi connectivity index (χ0) is 18.6. The normalized spacial score (nSPS) is 17.1. The first kappa shape index (κ1) is 17.9. The molecule has 3 aromatic rings. The van der Waals surface area contributed by atoms with Crippen molar-refractivity contribution in [3.05, 3.63) is 76.1 Å². The Morgan fingerprint density at radius 1 is 1.22 bits per heavy atom. The van der Waals surface area contributed by atoms with Gasteiger partial charge in [0.05, 0.1) is 29.7 Å². The molecule has 1 atom stereocenters. The smallest absolute Gasteiger partial charge is 0.255 e. The molecule has 1 aromatic carbocycles. The number of carbonyl (C=O) groups excluding carboxylic acids is 1. The average molecular weight is 378 g/mol. The molecular weight excluding hydrogens is 356 g/mol. The quantitative estimate of drug-likeness (QED) is 0.683. The minimum Gasteiger partial charge on any atom is -0.374 e. The van der Waals surface area contributed by atoms with Crippen LogP contribution in [0.3, 0.4) is 0 Å². The molecule has 0 aliphatic carbocycles. The number of ether oxygens (including phenoxy) is 1. The molecular formula is C22H22N2O2S. The lowest BCUT2D eigenvalue weighted by molar-refractivity contribution is -0.0208. The van der Waals surface area contributed by atoms with Crippen molar-refractivity contribution >= 4 is 17.2 Å². The molecule has 0 unspecified atom stereocenters. The standard InChI is InChI=1S/C22H22N2O2S/c1-16-20(7-8-21(23-16)18-9-12-27-15-18)22(25)24-10-11-26-19(14-24)13-17-5-3-2-4-6-17/h2-9,12,15,19H,10-11,13-14H2,1H3/t19-/m1/s1. The highest BCUT2D eigenvalue weighted by atomic mass is 32.1. The summed E-state index contributed by atoms with van der Waals surface area (Å²) in [5.41, 5.74) is 4.68. The van der Waals surface area contributed by atoms with E-state index in [1.807, 2.05) is 53.6 Å². The van der Waals surface area contributed by atoms with E-state index < -0.39 is 0 Å². The van der Waals surface area contributed by atoms with Crippen LogP contribution < -0.4 is 0 Å². The number of carbonyl (C=O) groups is 1. The largest absolute Gasteiger partial charge is 0.374 e. The fourth-order valence-corrected chi connectivity index (χ4v) is 4.08. The monoisotopic (exact) mass is 378 g/mol. The molecule has 27 heavy (non-hydrogen) atoms. The van der Waals surface area contributed by atoms with Crippen molar-refractivity contribution in [2.45, 2.75) is 19.4 Å². The fraction of sp³-hybridized carbons (Fsp3) is 0.273. The van der Waals surface area contributed by atoms with Crippen LogP contribution in [0.25, 0.3) is 11.3 Å². The number of morpholine rings is 1. The zero-order valence-electron chi connectivity index (χ0n) is 15.3. The Labute approximate surface area is 163 Å². The topological polar surface area (TPSA) is 42.4 Å². The summed E-state index contributed by atoms with van der Waals surface area (Å²) in [5, 5.41) is 4.10. The predicted octanol–water partition coefficient (Wildman–Crippen LogP) is 4.20. The number of aryl methyl sites for hydroxylation is 1. The van der Waals surface area contributed by atoms with Gasteiger partial charge in [0.15, 0.2) is 0 Å². The second-order valence-electron chi connectivity index (χ2n) is 6.78. The third kappa shape index (κ3) is 4.10. The van der Waals surface area contributed by atoms with Crippen LogP contribution in [-0.4, -0.2) is 41.6 Å². The molecule has 0 spiro atoms. The van der Waals surface area contributed by atoms with E-state index in [4.69, 9.17) is 4.74 Å². The first-order valence-electron chi connectivity index (χ1n) is 9.16. The third-order valence-corrected chi connectivity index (χ3v) is 5.55. The second kappa shape index (κ2) is 8.03. The van der Waals surface area contributed by atoms with Crippen LogP contribution in [0.1, 0.15) is 21.6 Å². The number of benzene rings is 1. The molecule has 0 radical (unpaired) electrons. The van der Waals surface area contributed by atoms with Crippen LogP contribution in [0.4, 0.5) is 0 Å². The van der Waals surface area contributed by atoms with Gasteiger partial charge in [0.2, 0.25) is 0 Å². The van der Waals surface area contributed by atoms with Gasteiger partial charge in [-0.25, -0.2) is 0 Å². The van der Waals surface area contributed by atoms with Crippen molar-refractivity contribution in [1.29, 1.82) is 0 Å². The van der Waals surface area contributed by atoms with Gasteiger partial charge in [-0.3, -0.25) is 9.78 Å². The maximum Gasteiger partial charge on any atom is 0.255 e. The maximum absolute atomic E-state index is 13.0. The SMILES string of the molecule is Cc1nc(-c2ccsc2)ccc1C(=O)N1CCO[C@H](Cc2ccccc2)C1. The molecule has 0 saturated carbocycles. The Bertz CT molecular complexity index is 909. The zero-order valence-corrected chi connectivity index (χ0v) is 16.1. The van der Waals surface area contributed by atoms with Gasteiger partial charge in [0.25, 0.3) is 5.91 Å². The molecule has 3 heterocycles. The Balaban J connectivity index is 1.47. The number of hydrogen-bond acceptors (Lipinski definition) is 4. The highest BCUT2D eigenvalue weighted by Crippen LogP contribution is 2.23. The highest BCUT2D eigenvalue weighted by molar-refractivity contribution is 7.08. The van der Waals surface area contributed by atoms with Crippen LogP contribution in [-0.2, 0) is 11.2 Å². The third-order valence-electron chi connectivity index (χ3n) is 4.87. The van der Waals surface area contributed by atoms with Crippen molar-refractivity contribution in [3.63, 3.8) is 0 Å². The van der Waals surface area contributed by atoms with Crippen molar-refractivity contribution in [3.8, 4) is 11.3 Å². The number of pyridine rings is 1. The van der Waals surface area contributed by atoms with E-state index in [2.05, 4.69) is 22.5 Å². The van der Waals surface area contributed by atoms with Crippen LogP contribution in [0, 0.1) is 6.92 Å². The summed E-state index contributed by atoms with van der Waals surface area (Å²) >= 11 is 1.65. The van der Waals surface area contributed by atoms with Gasteiger partial charge < -0.3 is 9.64 Å². The first-order valence-corrected chi connectivity index (χ1v) is 10.1. The van der Waals surface area contributed by atoms with Gasteiger partial charge in [0.1, 0.15) is 0 Å². The summed E-state index contributed by atoms with van der Waals surface area (Å²) < 4.78 is 5.89.